The van der Waals surface area contributed by atoms with Crippen molar-refractivity contribution in [2.24, 2.45) is 10.2 Å². The minimum atomic E-state index is -4.46. The van der Waals surface area contributed by atoms with Crippen LogP contribution in [-0.2, 0) is 0 Å². The molecule has 56 valence electrons. The lowest BCUT2D eigenvalue weighted by atomic mass is 10.7. The molecule has 0 saturated carbocycles. The third kappa shape index (κ3) is 1.47. The van der Waals surface area contributed by atoms with Gasteiger partial charge in [-0.2, -0.15) is 18.3 Å². The van der Waals surface area contributed by atoms with Crippen molar-refractivity contribution in [1.82, 2.24) is 0 Å². The molecule has 0 aromatic rings. The van der Waals surface area contributed by atoms with Gasteiger partial charge in [0.05, 0.1) is 0 Å². The zero-order chi connectivity index (χ0) is 7.78. The number of nitrogens with zero attached hydrogens (tertiary/aromatic N) is 2. The summed E-state index contributed by atoms with van der Waals surface area (Å²) < 4.78 is 34.8. The van der Waals surface area contributed by atoms with E-state index in [1.54, 1.807) is 0 Å². The molecule has 0 aliphatic carbocycles. The van der Waals surface area contributed by atoms with Gasteiger partial charge in [-0.05, 0) is 11.8 Å². The maximum atomic E-state index is 11.6. The molecule has 1 unspecified atom stereocenters. The normalized spacial score (nSPS) is 25.9. The lowest BCUT2D eigenvalue weighted by Gasteiger charge is -2.06. The predicted octanol–water partition coefficient (Wildman–Crippen LogP) is 2.19. The number of amides is 1. The third-order valence-electron chi connectivity index (χ3n) is 0.737. The van der Waals surface area contributed by atoms with Crippen LogP contribution in [0.25, 0.3) is 0 Å². The summed E-state index contributed by atoms with van der Waals surface area (Å²) in [5.41, 5.74) is 0. The lowest BCUT2D eigenvalue weighted by molar-refractivity contribution is -0.127. The van der Waals surface area contributed by atoms with Gasteiger partial charge in [-0.15, -0.1) is 5.11 Å². The second kappa shape index (κ2) is 2.22. The van der Waals surface area contributed by atoms with Crippen LogP contribution in [0.5, 0.6) is 0 Å². The second-order valence-electron chi connectivity index (χ2n) is 1.49. The Morgan fingerprint density at radius 2 is 2.10 bits per heavy atom. The first-order chi connectivity index (χ1) is 4.50. The van der Waals surface area contributed by atoms with Crippen LogP contribution >= 0.6 is 11.8 Å². The van der Waals surface area contributed by atoms with Crippen LogP contribution in [0.4, 0.5) is 18.0 Å². The summed E-state index contributed by atoms with van der Waals surface area (Å²) in [5.74, 6) is 0. The monoisotopic (exact) mass is 170 g/mol. The Balaban J connectivity index is 2.63. The highest BCUT2D eigenvalue weighted by atomic mass is 32.2. The van der Waals surface area contributed by atoms with E-state index in [1.165, 1.54) is 0 Å². The molecule has 0 radical (unpaired) electrons. The molecule has 0 bridgehead atoms. The quantitative estimate of drug-likeness (QED) is 0.559. The molecule has 0 aromatic carbocycles. The Kier molecular flexibility index (Phi) is 1.67. The Labute approximate surface area is 57.7 Å². The number of thioether (sulfide) groups is 1. The minimum Gasteiger partial charge on any atom is -0.258 e. The first-order valence-electron chi connectivity index (χ1n) is 2.18. The van der Waals surface area contributed by atoms with Crippen molar-refractivity contribution in [2.75, 3.05) is 0 Å². The van der Waals surface area contributed by atoms with Gasteiger partial charge in [-0.25, -0.2) is 0 Å². The number of carbonyl (C=O) groups is 1. The van der Waals surface area contributed by atoms with Gasteiger partial charge < -0.3 is 0 Å². The Bertz CT molecular complexity index is 189. The van der Waals surface area contributed by atoms with E-state index in [4.69, 9.17) is 0 Å². The second-order valence-corrected chi connectivity index (χ2v) is 2.52. The number of alkyl halides is 3. The van der Waals surface area contributed by atoms with Crippen molar-refractivity contribution in [3.05, 3.63) is 0 Å². The summed E-state index contributed by atoms with van der Waals surface area (Å²) in [5, 5.41) is 2.54. The van der Waals surface area contributed by atoms with Crippen LogP contribution in [0, 0.1) is 0 Å². The molecule has 1 aliphatic heterocycles. The lowest BCUT2D eigenvalue weighted by Crippen LogP contribution is -2.21. The minimum absolute atomic E-state index is 0.0752. The fraction of sp³-hybridized carbons (Fsp3) is 0.667. The molecule has 1 atom stereocenters. The van der Waals surface area contributed by atoms with Crippen LogP contribution in [0.15, 0.2) is 10.2 Å². The smallest absolute Gasteiger partial charge is 0.258 e. The maximum absolute atomic E-state index is 11.6. The summed E-state index contributed by atoms with van der Waals surface area (Å²) in [6.07, 6.45) is -4.46. The number of hydrogen-bond donors (Lipinski definition) is 0. The Hall–Kier alpha value is -0.590. The van der Waals surface area contributed by atoms with Crippen molar-refractivity contribution in [1.29, 1.82) is 0 Å². The van der Waals surface area contributed by atoms with Crippen molar-refractivity contribution < 1.29 is 18.0 Å². The predicted molar refractivity (Wildman–Crippen MR) is 27.7 cm³/mol. The highest BCUT2D eigenvalue weighted by Crippen LogP contribution is 2.36. The van der Waals surface area contributed by atoms with E-state index in [9.17, 15) is 18.0 Å². The number of hydrogen-bond acceptors (Lipinski definition) is 3. The number of halogens is 3. The molecule has 1 rings (SSSR count). The molecule has 1 aliphatic rings. The van der Waals surface area contributed by atoms with E-state index in [1.807, 2.05) is 0 Å². The average molecular weight is 170 g/mol. The topological polar surface area (TPSA) is 41.8 Å². The summed E-state index contributed by atoms with van der Waals surface area (Å²) in [7, 11) is 0. The van der Waals surface area contributed by atoms with Gasteiger partial charge in [0.2, 0.25) is 5.37 Å². The molecule has 3 nitrogen and oxygen atoms in total. The molecule has 0 spiro atoms. The standard InChI is InChI=1S/C3HF3N2OS/c4-3(5,6)1-7-8-2(9)10-1/h1H. The van der Waals surface area contributed by atoms with Crippen molar-refractivity contribution in [3.8, 4) is 0 Å². The molecule has 0 saturated heterocycles. The van der Waals surface area contributed by atoms with Crippen molar-refractivity contribution in [2.45, 2.75) is 11.6 Å². The van der Waals surface area contributed by atoms with Crippen LogP contribution in [0.3, 0.4) is 0 Å². The van der Waals surface area contributed by atoms with Gasteiger partial charge in [-0.1, -0.05) is 0 Å². The van der Waals surface area contributed by atoms with Gasteiger partial charge in [0.25, 0.3) is 0 Å². The van der Waals surface area contributed by atoms with Crippen molar-refractivity contribution in [3.63, 3.8) is 0 Å². The summed E-state index contributed by atoms with van der Waals surface area (Å²) in [6, 6.07) is 0. The zero-order valence-electron chi connectivity index (χ0n) is 4.42. The van der Waals surface area contributed by atoms with Gasteiger partial charge in [0.1, 0.15) is 0 Å². The van der Waals surface area contributed by atoms with E-state index >= 15 is 0 Å². The Morgan fingerprint density at radius 3 is 2.30 bits per heavy atom. The van der Waals surface area contributed by atoms with Crippen LogP contribution in [0.2, 0.25) is 0 Å². The summed E-state index contributed by atoms with van der Waals surface area (Å²) in [6.45, 7) is 0. The molecule has 10 heavy (non-hydrogen) atoms. The van der Waals surface area contributed by atoms with Crippen LogP contribution < -0.4 is 0 Å². The van der Waals surface area contributed by atoms with Gasteiger partial charge >= 0.3 is 11.4 Å². The largest absolute Gasteiger partial charge is 0.422 e. The van der Waals surface area contributed by atoms with Crippen molar-refractivity contribution >= 4 is 17.0 Å². The zero-order valence-corrected chi connectivity index (χ0v) is 5.24. The fourth-order valence-electron chi connectivity index (χ4n) is 0.374. The van der Waals surface area contributed by atoms with Crippen LogP contribution in [-0.4, -0.2) is 16.8 Å². The highest BCUT2D eigenvalue weighted by Gasteiger charge is 2.45. The summed E-state index contributed by atoms with van der Waals surface area (Å²) in [4.78, 5) is 10.1. The summed E-state index contributed by atoms with van der Waals surface area (Å²) >= 11 is 0.0752. The highest BCUT2D eigenvalue weighted by molar-refractivity contribution is 8.14. The number of rotatable bonds is 0. The van der Waals surface area contributed by atoms with E-state index in [0.717, 1.165) is 0 Å². The average Bonchev–Trinajstić information content (AvgIpc) is 2.11. The SMILES string of the molecule is O=C1N=NC(C(F)(F)F)S1. The first-order valence-corrected chi connectivity index (χ1v) is 3.06. The van der Waals surface area contributed by atoms with E-state index in [-0.39, 0.29) is 11.8 Å². The molecular weight excluding hydrogens is 169 g/mol. The Morgan fingerprint density at radius 1 is 1.50 bits per heavy atom. The van der Waals surface area contributed by atoms with Gasteiger partial charge in [-0.3, -0.25) is 4.79 Å². The van der Waals surface area contributed by atoms with E-state index in [2.05, 4.69) is 10.2 Å². The molecule has 0 N–H and O–H groups in total. The molecule has 0 fully saturated rings. The molecule has 1 heterocycles. The number of azo groups is 1. The number of carbonyl (C=O) groups excluding carboxylic acids is 1. The first kappa shape index (κ1) is 7.52. The molecular formula is C3HF3N2OS. The maximum Gasteiger partial charge on any atom is 0.422 e. The molecule has 7 heteroatoms. The van der Waals surface area contributed by atoms with E-state index < -0.39 is 16.8 Å². The van der Waals surface area contributed by atoms with E-state index in [0.29, 0.717) is 0 Å². The third-order valence-corrected chi connectivity index (χ3v) is 1.60. The van der Waals surface area contributed by atoms with Gasteiger partial charge in [0.15, 0.2) is 0 Å². The van der Waals surface area contributed by atoms with Crippen LogP contribution in [0.1, 0.15) is 0 Å². The van der Waals surface area contributed by atoms with Gasteiger partial charge in [0, 0.05) is 0 Å². The molecule has 1 amide bonds. The molecule has 0 aromatic heterocycles. The fourth-order valence-corrected chi connectivity index (χ4v) is 0.888.